The summed E-state index contributed by atoms with van der Waals surface area (Å²) in [5.74, 6) is 0.663. The summed E-state index contributed by atoms with van der Waals surface area (Å²) in [5.41, 5.74) is 4.36. The molecule has 0 fully saturated rings. The molecule has 27 heavy (non-hydrogen) atoms. The Labute approximate surface area is 169 Å². The maximum Gasteiger partial charge on any atom is 0.233 e. The lowest BCUT2D eigenvalue weighted by Crippen LogP contribution is -2.37. The molecule has 1 aromatic heterocycles. The van der Waals surface area contributed by atoms with Crippen molar-refractivity contribution in [2.24, 2.45) is 5.41 Å². The van der Waals surface area contributed by atoms with Gasteiger partial charge in [0, 0.05) is 10.4 Å². The van der Waals surface area contributed by atoms with Gasteiger partial charge in [0.1, 0.15) is 11.3 Å². The van der Waals surface area contributed by atoms with Gasteiger partial charge >= 0.3 is 0 Å². The van der Waals surface area contributed by atoms with Gasteiger partial charge < -0.3 is 10.1 Å². The van der Waals surface area contributed by atoms with Gasteiger partial charge in [0.25, 0.3) is 0 Å². The van der Waals surface area contributed by atoms with Gasteiger partial charge in [-0.15, -0.1) is 10.2 Å². The van der Waals surface area contributed by atoms with Crippen molar-refractivity contribution in [1.29, 1.82) is 0 Å². The number of amides is 1. The van der Waals surface area contributed by atoms with Crippen LogP contribution in [0, 0.1) is 5.41 Å². The maximum absolute atomic E-state index is 13.3. The molecule has 7 heteroatoms. The fourth-order valence-corrected chi connectivity index (χ4v) is 4.56. The van der Waals surface area contributed by atoms with Crippen molar-refractivity contribution in [3.05, 3.63) is 69.1 Å². The van der Waals surface area contributed by atoms with Gasteiger partial charge in [-0.05, 0) is 54.3 Å². The first-order valence-electron chi connectivity index (χ1n) is 8.51. The summed E-state index contributed by atoms with van der Waals surface area (Å²) in [5, 5.41) is 11.2. The Bertz CT molecular complexity index is 975. The molecular formula is C20H18BrN3O2S. The lowest BCUT2D eigenvalue weighted by atomic mass is 9.73. The molecule has 4 rings (SSSR count). The summed E-state index contributed by atoms with van der Waals surface area (Å²) in [4.78, 5) is 13.3. The number of fused-ring (bicyclic) bond motifs is 1. The normalized spacial score (nSPS) is 20.9. The number of hydrogen-bond donors (Lipinski definition) is 1. The molecule has 2 aromatic carbocycles. The lowest BCUT2D eigenvalue weighted by Gasteiger charge is -2.31. The highest BCUT2D eigenvalue weighted by atomic mass is 79.9. The number of aromatic nitrogens is 2. The molecule has 1 aliphatic rings. The Morgan fingerprint density at radius 1 is 1.30 bits per heavy atom. The quantitative estimate of drug-likeness (QED) is 0.637. The predicted octanol–water partition coefficient (Wildman–Crippen LogP) is 4.64. The zero-order valence-corrected chi connectivity index (χ0v) is 17.3. The van der Waals surface area contributed by atoms with E-state index >= 15 is 0 Å². The topological polar surface area (TPSA) is 64.1 Å². The van der Waals surface area contributed by atoms with Crippen LogP contribution in [0.3, 0.4) is 0 Å². The van der Waals surface area contributed by atoms with Gasteiger partial charge in [-0.2, -0.15) is 0 Å². The summed E-state index contributed by atoms with van der Waals surface area (Å²) in [6.07, 6.45) is 0.650. The SMILES string of the molecule is COc1ccc2c(c1)C(c1ccc(Br)cc1)C(C)(C(=O)Nc1nncs1)C2. The van der Waals surface area contributed by atoms with Crippen molar-refractivity contribution in [2.45, 2.75) is 19.3 Å². The first-order valence-corrected chi connectivity index (χ1v) is 10.2. The molecule has 1 aliphatic carbocycles. The zero-order chi connectivity index (χ0) is 19.0. The number of rotatable bonds is 4. The van der Waals surface area contributed by atoms with Gasteiger partial charge in [0.15, 0.2) is 0 Å². The Hall–Kier alpha value is -2.25. The van der Waals surface area contributed by atoms with Crippen LogP contribution in [0.2, 0.25) is 0 Å². The van der Waals surface area contributed by atoms with E-state index in [1.165, 1.54) is 16.9 Å². The average molecular weight is 444 g/mol. The Morgan fingerprint density at radius 3 is 2.74 bits per heavy atom. The zero-order valence-electron chi connectivity index (χ0n) is 14.9. The van der Waals surface area contributed by atoms with Crippen LogP contribution in [0.25, 0.3) is 0 Å². The lowest BCUT2D eigenvalue weighted by molar-refractivity contribution is -0.125. The molecule has 5 nitrogen and oxygen atoms in total. The molecule has 138 valence electrons. The van der Waals surface area contributed by atoms with Crippen LogP contribution in [0.15, 0.2) is 52.4 Å². The monoisotopic (exact) mass is 443 g/mol. The molecular weight excluding hydrogens is 426 g/mol. The summed E-state index contributed by atoms with van der Waals surface area (Å²) >= 11 is 4.81. The van der Waals surface area contributed by atoms with Gasteiger partial charge in [-0.25, -0.2) is 0 Å². The minimum Gasteiger partial charge on any atom is -0.497 e. The van der Waals surface area contributed by atoms with E-state index in [-0.39, 0.29) is 11.8 Å². The second kappa shape index (κ2) is 7.05. The van der Waals surface area contributed by atoms with Crippen LogP contribution in [0.4, 0.5) is 5.13 Å². The van der Waals surface area contributed by atoms with E-state index in [0.717, 1.165) is 21.3 Å². The Morgan fingerprint density at radius 2 is 2.07 bits per heavy atom. The van der Waals surface area contributed by atoms with Gasteiger partial charge in [-0.1, -0.05) is 45.5 Å². The van der Waals surface area contributed by atoms with Crippen molar-refractivity contribution in [1.82, 2.24) is 10.2 Å². The van der Waals surface area contributed by atoms with Crippen molar-refractivity contribution >= 4 is 38.3 Å². The molecule has 3 aromatic rings. The number of carbonyl (C=O) groups is 1. The van der Waals surface area contributed by atoms with Crippen molar-refractivity contribution in [3.8, 4) is 5.75 Å². The predicted molar refractivity (Wildman–Crippen MR) is 109 cm³/mol. The summed E-state index contributed by atoms with van der Waals surface area (Å²) in [6, 6.07) is 14.2. The maximum atomic E-state index is 13.3. The molecule has 0 radical (unpaired) electrons. The third kappa shape index (κ3) is 3.26. The fourth-order valence-electron chi connectivity index (χ4n) is 3.85. The molecule has 0 aliphatic heterocycles. The molecule has 0 spiro atoms. The highest BCUT2D eigenvalue weighted by Crippen LogP contribution is 2.52. The summed E-state index contributed by atoms with van der Waals surface area (Å²) < 4.78 is 6.44. The minimum absolute atomic E-state index is 0.0534. The van der Waals surface area contributed by atoms with Crippen LogP contribution in [-0.2, 0) is 11.2 Å². The van der Waals surface area contributed by atoms with E-state index in [4.69, 9.17) is 4.74 Å². The number of halogens is 1. The second-order valence-corrected chi connectivity index (χ2v) is 8.59. The molecule has 1 amide bonds. The number of carbonyl (C=O) groups excluding carboxylic acids is 1. The third-order valence-electron chi connectivity index (χ3n) is 5.16. The van der Waals surface area contributed by atoms with E-state index in [1.54, 1.807) is 12.6 Å². The highest BCUT2D eigenvalue weighted by molar-refractivity contribution is 9.10. The van der Waals surface area contributed by atoms with Crippen LogP contribution in [0.1, 0.15) is 29.5 Å². The number of hydrogen-bond acceptors (Lipinski definition) is 5. The van der Waals surface area contributed by atoms with E-state index in [1.807, 2.05) is 31.2 Å². The molecule has 1 heterocycles. The van der Waals surface area contributed by atoms with Gasteiger partial charge in [0.05, 0.1) is 12.5 Å². The fraction of sp³-hybridized carbons (Fsp3) is 0.250. The van der Waals surface area contributed by atoms with Crippen LogP contribution in [-0.4, -0.2) is 23.2 Å². The molecule has 0 saturated heterocycles. The minimum atomic E-state index is -0.645. The molecule has 1 N–H and O–H groups in total. The standard InChI is InChI=1S/C20H18BrN3O2S/c1-20(18(25)23-19-24-22-11-27-19)10-13-5-8-15(26-2)9-16(13)17(20)12-3-6-14(21)7-4-12/h3-9,11,17H,10H2,1-2H3,(H,23,24,25). The molecule has 0 saturated carbocycles. The van der Waals surface area contributed by atoms with E-state index in [9.17, 15) is 4.79 Å². The van der Waals surface area contributed by atoms with Gasteiger partial charge in [0.2, 0.25) is 11.0 Å². The van der Waals surface area contributed by atoms with E-state index in [0.29, 0.717) is 11.6 Å². The van der Waals surface area contributed by atoms with Crippen molar-refractivity contribution in [3.63, 3.8) is 0 Å². The summed E-state index contributed by atoms with van der Waals surface area (Å²) in [7, 11) is 1.66. The average Bonchev–Trinajstić information content (AvgIpc) is 3.27. The van der Waals surface area contributed by atoms with Gasteiger partial charge in [-0.3, -0.25) is 4.79 Å². The van der Waals surface area contributed by atoms with E-state index < -0.39 is 5.41 Å². The first-order chi connectivity index (χ1) is 13.0. The number of ether oxygens (including phenoxy) is 1. The van der Waals surface area contributed by atoms with Crippen molar-refractivity contribution < 1.29 is 9.53 Å². The highest BCUT2D eigenvalue weighted by Gasteiger charge is 2.49. The number of methoxy groups -OCH3 is 1. The van der Waals surface area contributed by atoms with Crippen molar-refractivity contribution in [2.75, 3.05) is 12.4 Å². The Balaban J connectivity index is 1.80. The van der Waals surface area contributed by atoms with E-state index in [2.05, 4.69) is 49.6 Å². The largest absolute Gasteiger partial charge is 0.497 e. The molecule has 0 bridgehead atoms. The number of anilines is 1. The van der Waals surface area contributed by atoms with Crippen LogP contribution in [0.5, 0.6) is 5.75 Å². The van der Waals surface area contributed by atoms with Crippen LogP contribution >= 0.6 is 27.3 Å². The number of nitrogens with one attached hydrogen (secondary N) is 1. The second-order valence-electron chi connectivity index (χ2n) is 6.84. The smallest absolute Gasteiger partial charge is 0.233 e. The first kappa shape index (κ1) is 18.1. The number of nitrogens with zero attached hydrogens (tertiary/aromatic N) is 2. The third-order valence-corrected chi connectivity index (χ3v) is 6.30. The molecule has 2 atom stereocenters. The molecule has 2 unspecified atom stereocenters. The number of benzene rings is 2. The van der Waals surface area contributed by atoms with Crippen LogP contribution < -0.4 is 10.1 Å². The Kier molecular flexibility index (Phi) is 4.74. The summed E-state index contributed by atoms with van der Waals surface area (Å²) in [6.45, 7) is 2.02.